The summed E-state index contributed by atoms with van der Waals surface area (Å²) < 4.78 is 0. The van der Waals surface area contributed by atoms with Gasteiger partial charge in [0.1, 0.15) is 0 Å². The lowest BCUT2D eigenvalue weighted by atomic mass is 9.92. The van der Waals surface area contributed by atoms with E-state index in [0.717, 1.165) is 26.2 Å². The van der Waals surface area contributed by atoms with Crippen molar-refractivity contribution in [2.45, 2.75) is 19.4 Å². The summed E-state index contributed by atoms with van der Waals surface area (Å²) in [7, 11) is 2.04. The Labute approximate surface area is 113 Å². The van der Waals surface area contributed by atoms with E-state index in [2.05, 4.69) is 14.9 Å². The maximum atomic E-state index is 11.8. The Balaban J connectivity index is 2.38. The monoisotopic (exact) mass is 264 g/mol. The number of carboxylic acid groups (broad SMARTS) is 1. The van der Waals surface area contributed by atoms with E-state index in [4.69, 9.17) is 0 Å². The number of hydrogen-bond acceptors (Lipinski definition) is 5. The van der Waals surface area contributed by atoms with Gasteiger partial charge in [-0.3, -0.25) is 14.9 Å². The molecule has 0 amide bonds. The van der Waals surface area contributed by atoms with Crippen LogP contribution in [0.5, 0.6) is 0 Å². The Morgan fingerprint density at radius 1 is 1.26 bits per heavy atom. The molecule has 0 bridgehead atoms. The van der Waals surface area contributed by atoms with Gasteiger partial charge >= 0.3 is 5.97 Å². The highest BCUT2D eigenvalue weighted by atomic mass is 16.4. The van der Waals surface area contributed by atoms with Crippen LogP contribution in [0, 0.1) is 6.92 Å². The molecule has 0 spiro atoms. The average molecular weight is 264 g/mol. The molecule has 1 N–H and O–H groups in total. The number of piperazine rings is 1. The second kappa shape index (κ2) is 5.22. The van der Waals surface area contributed by atoms with Crippen LogP contribution < -0.4 is 0 Å². The summed E-state index contributed by atoms with van der Waals surface area (Å²) in [6.07, 6.45) is 3.14. The molecule has 0 aliphatic carbocycles. The van der Waals surface area contributed by atoms with E-state index in [0.29, 0.717) is 11.4 Å². The molecule has 6 heteroatoms. The van der Waals surface area contributed by atoms with Crippen molar-refractivity contribution in [3.8, 4) is 0 Å². The van der Waals surface area contributed by atoms with Crippen molar-refractivity contribution >= 4 is 5.97 Å². The number of carboxylic acids is 1. The molecule has 2 heterocycles. The van der Waals surface area contributed by atoms with Crippen molar-refractivity contribution in [2.75, 3.05) is 33.2 Å². The largest absolute Gasteiger partial charge is 0.480 e. The number of aryl methyl sites for hydroxylation is 1. The highest BCUT2D eigenvalue weighted by Gasteiger charge is 2.44. The van der Waals surface area contributed by atoms with Gasteiger partial charge < -0.3 is 10.0 Å². The standard InChI is InChI=1S/C13H20N4O2/c1-10-11(15-5-4-14-10)13(2,12(18)19)17-8-6-16(3)7-9-17/h4-5H,6-9H2,1-3H3,(H,18,19). The van der Waals surface area contributed by atoms with Crippen molar-refractivity contribution in [1.29, 1.82) is 0 Å². The molecule has 0 aromatic carbocycles. The number of aromatic nitrogens is 2. The lowest BCUT2D eigenvalue weighted by molar-refractivity contribution is -0.153. The molecule has 19 heavy (non-hydrogen) atoms. The summed E-state index contributed by atoms with van der Waals surface area (Å²) in [5, 5.41) is 9.71. The van der Waals surface area contributed by atoms with Gasteiger partial charge in [0.15, 0.2) is 5.54 Å². The van der Waals surface area contributed by atoms with Gasteiger partial charge in [0, 0.05) is 38.6 Å². The fourth-order valence-corrected chi connectivity index (χ4v) is 2.53. The van der Waals surface area contributed by atoms with Gasteiger partial charge in [-0.15, -0.1) is 0 Å². The highest BCUT2D eigenvalue weighted by molar-refractivity contribution is 5.80. The van der Waals surface area contributed by atoms with E-state index in [1.54, 1.807) is 26.2 Å². The van der Waals surface area contributed by atoms with Crippen molar-refractivity contribution < 1.29 is 9.90 Å². The first-order valence-electron chi connectivity index (χ1n) is 6.41. The van der Waals surface area contributed by atoms with E-state index in [9.17, 15) is 9.90 Å². The van der Waals surface area contributed by atoms with Gasteiger partial charge in [0.2, 0.25) is 0 Å². The molecular weight excluding hydrogens is 244 g/mol. The van der Waals surface area contributed by atoms with E-state index >= 15 is 0 Å². The summed E-state index contributed by atoms with van der Waals surface area (Å²) in [6.45, 7) is 6.69. The number of hydrogen-bond donors (Lipinski definition) is 1. The SMILES string of the molecule is Cc1nccnc1C(C)(C(=O)O)N1CCN(C)CC1. The van der Waals surface area contributed by atoms with Gasteiger partial charge in [0.25, 0.3) is 0 Å². The third kappa shape index (κ3) is 2.46. The summed E-state index contributed by atoms with van der Waals surface area (Å²) in [6, 6.07) is 0. The predicted molar refractivity (Wildman–Crippen MR) is 70.8 cm³/mol. The third-order valence-corrected chi connectivity index (χ3v) is 3.89. The molecule has 6 nitrogen and oxygen atoms in total. The molecule has 1 aromatic rings. The highest BCUT2D eigenvalue weighted by Crippen LogP contribution is 2.29. The first kappa shape index (κ1) is 13.9. The van der Waals surface area contributed by atoms with Crippen LogP contribution in [-0.2, 0) is 10.3 Å². The Morgan fingerprint density at radius 3 is 2.37 bits per heavy atom. The van der Waals surface area contributed by atoms with Gasteiger partial charge in [-0.2, -0.15) is 0 Å². The molecule has 1 aliphatic rings. The van der Waals surface area contributed by atoms with Crippen LogP contribution in [-0.4, -0.2) is 64.1 Å². The fraction of sp³-hybridized carbons (Fsp3) is 0.615. The quantitative estimate of drug-likeness (QED) is 0.848. The van der Waals surface area contributed by atoms with E-state index in [1.807, 2.05) is 11.9 Å². The summed E-state index contributed by atoms with van der Waals surface area (Å²) in [5.74, 6) is -0.874. The average Bonchev–Trinajstić information content (AvgIpc) is 2.39. The van der Waals surface area contributed by atoms with E-state index < -0.39 is 11.5 Å². The van der Waals surface area contributed by atoms with E-state index in [1.165, 1.54) is 0 Å². The van der Waals surface area contributed by atoms with Crippen molar-refractivity contribution in [2.24, 2.45) is 0 Å². The van der Waals surface area contributed by atoms with Gasteiger partial charge in [-0.05, 0) is 20.9 Å². The molecule has 1 aromatic heterocycles. The Hall–Kier alpha value is -1.53. The lowest BCUT2D eigenvalue weighted by Gasteiger charge is -2.42. The lowest BCUT2D eigenvalue weighted by Crippen LogP contribution is -2.57. The molecule has 1 fully saturated rings. The van der Waals surface area contributed by atoms with Crippen LogP contribution in [0.15, 0.2) is 12.4 Å². The number of carbonyl (C=O) groups is 1. The van der Waals surface area contributed by atoms with Crippen molar-refractivity contribution in [3.05, 3.63) is 23.8 Å². The zero-order valence-corrected chi connectivity index (χ0v) is 11.6. The van der Waals surface area contributed by atoms with Crippen LogP contribution in [0.25, 0.3) is 0 Å². The smallest absolute Gasteiger partial charge is 0.330 e. The first-order chi connectivity index (χ1) is 8.96. The Kier molecular flexibility index (Phi) is 3.82. The molecule has 0 saturated carbocycles. The summed E-state index contributed by atoms with van der Waals surface area (Å²) in [4.78, 5) is 24.4. The van der Waals surface area contributed by atoms with E-state index in [-0.39, 0.29) is 0 Å². The zero-order valence-electron chi connectivity index (χ0n) is 11.6. The second-order valence-corrected chi connectivity index (χ2v) is 5.16. The molecule has 1 aliphatic heterocycles. The minimum atomic E-state index is -1.11. The van der Waals surface area contributed by atoms with Crippen LogP contribution >= 0.6 is 0 Å². The third-order valence-electron chi connectivity index (χ3n) is 3.89. The predicted octanol–water partition coefficient (Wildman–Crippen LogP) is 0.332. The molecular formula is C13H20N4O2. The number of nitrogens with zero attached hydrogens (tertiary/aromatic N) is 4. The zero-order chi connectivity index (χ0) is 14.0. The first-order valence-corrected chi connectivity index (χ1v) is 6.41. The molecule has 104 valence electrons. The minimum absolute atomic E-state index is 0.534. The fourth-order valence-electron chi connectivity index (χ4n) is 2.53. The van der Waals surface area contributed by atoms with Crippen molar-refractivity contribution in [3.63, 3.8) is 0 Å². The minimum Gasteiger partial charge on any atom is -0.480 e. The molecule has 1 atom stereocenters. The molecule has 2 rings (SSSR count). The molecule has 1 saturated heterocycles. The van der Waals surface area contributed by atoms with Gasteiger partial charge in [0.05, 0.1) is 11.4 Å². The molecule has 1 unspecified atom stereocenters. The number of aliphatic carboxylic acids is 1. The number of rotatable bonds is 3. The number of likely N-dealkylation sites (N-methyl/N-ethyl adjacent to an activating group) is 1. The topological polar surface area (TPSA) is 69.6 Å². The Bertz CT molecular complexity index is 471. The second-order valence-electron chi connectivity index (χ2n) is 5.16. The van der Waals surface area contributed by atoms with Crippen LogP contribution in [0.2, 0.25) is 0 Å². The Morgan fingerprint density at radius 2 is 1.84 bits per heavy atom. The van der Waals surface area contributed by atoms with Crippen LogP contribution in [0.3, 0.4) is 0 Å². The van der Waals surface area contributed by atoms with Crippen LogP contribution in [0.1, 0.15) is 18.3 Å². The van der Waals surface area contributed by atoms with Crippen molar-refractivity contribution in [1.82, 2.24) is 19.8 Å². The summed E-state index contributed by atoms with van der Waals surface area (Å²) in [5.41, 5.74) is 0.0953. The summed E-state index contributed by atoms with van der Waals surface area (Å²) >= 11 is 0. The van der Waals surface area contributed by atoms with Crippen LogP contribution in [0.4, 0.5) is 0 Å². The van der Waals surface area contributed by atoms with Gasteiger partial charge in [-0.25, -0.2) is 4.79 Å². The normalized spacial score (nSPS) is 21.0. The maximum absolute atomic E-state index is 11.8. The maximum Gasteiger partial charge on any atom is 0.330 e. The molecule has 0 radical (unpaired) electrons. The van der Waals surface area contributed by atoms with Gasteiger partial charge in [-0.1, -0.05) is 0 Å².